The molecule has 26 rings (SSSR count). The van der Waals surface area contributed by atoms with Gasteiger partial charge in [0.05, 0.1) is 60.4 Å². The number of para-hydroxylation sites is 3. The Hall–Kier alpha value is -14.2. The number of allylic oxidation sites excluding steroid dienone is 3. The van der Waals surface area contributed by atoms with E-state index < -0.39 is 0 Å². The van der Waals surface area contributed by atoms with E-state index in [0.717, 1.165) is 123 Å². The normalized spacial score (nSPS) is 16.6. The molecule has 0 saturated carbocycles. The minimum Gasteiger partial charge on any atom is -0.452 e. The molecule has 1 atom stereocenters. The zero-order valence-corrected chi connectivity index (χ0v) is 64.0. The van der Waals surface area contributed by atoms with Gasteiger partial charge >= 0.3 is 0 Å². The summed E-state index contributed by atoms with van der Waals surface area (Å²) < 4.78 is 16.4. The van der Waals surface area contributed by atoms with Crippen molar-refractivity contribution in [2.75, 3.05) is 0 Å². The number of aryl methyl sites for hydroxylation is 1. The van der Waals surface area contributed by atoms with Crippen molar-refractivity contribution in [3.63, 3.8) is 0 Å². The van der Waals surface area contributed by atoms with Gasteiger partial charge in [-0.15, -0.1) is 11.3 Å². The lowest BCUT2D eigenvalue weighted by Crippen LogP contribution is -2.07. The molecule has 6 nitrogen and oxygen atoms in total. The first-order chi connectivity index (χ1) is 57.5. The number of thiophene rings is 1. The van der Waals surface area contributed by atoms with Gasteiger partial charge in [0.25, 0.3) is 0 Å². The third kappa shape index (κ3) is 9.34. The average molecular weight is 1500 g/mol. The first kappa shape index (κ1) is 64.3. The lowest BCUT2D eigenvalue weighted by molar-refractivity contribution is 0.595. The van der Waals surface area contributed by atoms with E-state index in [9.17, 15) is 0 Å². The van der Waals surface area contributed by atoms with Gasteiger partial charge in [-0.05, 0) is 205 Å². The summed E-state index contributed by atoms with van der Waals surface area (Å²) in [4.78, 5) is 13.0. The van der Waals surface area contributed by atoms with Crippen molar-refractivity contribution in [1.29, 1.82) is 0 Å². The molecule has 542 valence electrons. The maximum Gasteiger partial charge on any atom is 0.177 e. The third-order valence-corrected chi connectivity index (χ3v) is 27.3. The van der Waals surface area contributed by atoms with Crippen LogP contribution >= 0.6 is 11.3 Å². The minimum absolute atomic E-state index is 0.121. The van der Waals surface area contributed by atoms with Crippen molar-refractivity contribution in [3.05, 3.63) is 373 Å². The van der Waals surface area contributed by atoms with Gasteiger partial charge in [0.2, 0.25) is 0 Å². The van der Waals surface area contributed by atoms with Gasteiger partial charge in [0, 0.05) is 86.7 Å². The molecule has 7 aromatic heterocycles. The van der Waals surface area contributed by atoms with Crippen LogP contribution in [-0.4, -0.2) is 24.8 Å². The fraction of sp³-hybridized carbons (Fsp3) is 0.0642. The zero-order valence-electron chi connectivity index (χ0n) is 63.2. The Balaban J connectivity index is 0.566. The molecule has 0 N–H and O–H groups in total. The smallest absolute Gasteiger partial charge is 0.177 e. The summed E-state index contributed by atoms with van der Waals surface area (Å²) in [5.74, 6) is 0.877. The summed E-state index contributed by atoms with van der Waals surface area (Å²) in [5.41, 5.74) is 31.8. The van der Waals surface area contributed by atoms with E-state index in [1.54, 1.807) is 0 Å². The highest BCUT2D eigenvalue weighted by molar-refractivity contribution is 7.20. The Morgan fingerprint density at radius 2 is 0.828 bits per heavy atom. The van der Waals surface area contributed by atoms with Crippen LogP contribution in [0.4, 0.5) is 11.4 Å². The summed E-state index contributed by atoms with van der Waals surface area (Å²) >= 11 is 1.92. The van der Waals surface area contributed by atoms with E-state index in [4.69, 9.17) is 14.4 Å². The van der Waals surface area contributed by atoms with E-state index >= 15 is 0 Å². The summed E-state index contributed by atoms with van der Waals surface area (Å²) in [5, 5.41) is 19.9. The number of benzene rings is 16. The predicted octanol–water partition coefficient (Wildman–Crippen LogP) is 29.9. The molecule has 3 aliphatic rings. The molecule has 1 aliphatic carbocycles. The molecule has 2 aliphatic heterocycles. The summed E-state index contributed by atoms with van der Waals surface area (Å²) in [6.07, 6.45) is 10.2. The van der Waals surface area contributed by atoms with E-state index in [1.165, 1.54) is 168 Å². The molecule has 0 radical (unpaired) electrons. The molecule has 9 heterocycles. The van der Waals surface area contributed by atoms with Crippen molar-refractivity contribution in [3.8, 4) is 44.5 Å². The number of furan rings is 1. The van der Waals surface area contributed by atoms with Crippen molar-refractivity contribution in [1.82, 2.24) is 13.4 Å². The number of hydrogen-bond acceptors (Lipinski definition) is 4. The highest BCUT2D eigenvalue weighted by atomic mass is 32.1. The average Bonchev–Trinajstić information content (AvgIpc) is 1.52. The Bertz CT molecular complexity index is 8300. The summed E-state index contributed by atoms with van der Waals surface area (Å²) in [6.45, 7) is 0. The third-order valence-electron chi connectivity index (χ3n) is 26.1. The Labute approximate surface area is 670 Å². The molecule has 0 bridgehead atoms. The second-order valence-corrected chi connectivity index (χ2v) is 33.3. The number of fused-ring (bicyclic) bond motifs is 28. The van der Waals surface area contributed by atoms with Gasteiger partial charge in [-0.2, -0.15) is 0 Å². The Morgan fingerprint density at radius 3 is 1.50 bits per heavy atom. The van der Waals surface area contributed by atoms with Gasteiger partial charge in [-0.25, -0.2) is 4.99 Å². The molecular formula is C109H69N5OS. The fourth-order valence-corrected chi connectivity index (χ4v) is 22.1. The van der Waals surface area contributed by atoms with Crippen LogP contribution in [0.2, 0.25) is 0 Å². The van der Waals surface area contributed by atoms with Crippen LogP contribution in [0, 0.1) is 0 Å². The molecular weight excluding hydrogens is 1430 g/mol. The van der Waals surface area contributed by atoms with Crippen LogP contribution in [0.3, 0.4) is 0 Å². The summed E-state index contributed by atoms with van der Waals surface area (Å²) in [6, 6.07) is 122. The van der Waals surface area contributed by atoms with Gasteiger partial charge < -0.3 is 17.8 Å². The van der Waals surface area contributed by atoms with Gasteiger partial charge in [0.1, 0.15) is 11.3 Å². The van der Waals surface area contributed by atoms with Crippen LogP contribution in [0.25, 0.3) is 196 Å². The number of nitrogens with zero attached hydrogens (tertiary/aromatic N) is 5. The number of aromatic nitrogens is 3. The van der Waals surface area contributed by atoms with Gasteiger partial charge in [0.15, 0.2) is 5.76 Å². The van der Waals surface area contributed by atoms with E-state index in [2.05, 4.69) is 353 Å². The van der Waals surface area contributed by atoms with Gasteiger partial charge in [-0.1, -0.05) is 267 Å². The second-order valence-electron chi connectivity index (χ2n) is 32.2. The monoisotopic (exact) mass is 1500 g/mol. The Kier molecular flexibility index (Phi) is 13.7. The maximum atomic E-state index is 7.52. The lowest BCUT2D eigenvalue weighted by atomic mass is 9.80. The van der Waals surface area contributed by atoms with Crippen LogP contribution in [0.5, 0.6) is 0 Å². The summed E-state index contributed by atoms with van der Waals surface area (Å²) in [7, 11) is 0. The van der Waals surface area contributed by atoms with Crippen molar-refractivity contribution >= 4 is 186 Å². The minimum atomic E-state index is 0.121. The number of hydrogen-bond donors (Lipinski definition) is 0. The van der Waals surface area contributed by atoms with Crippen molar-refractivity contribution in [2.45, 2.75) is 44.4 Å². The molecule has 7 heteroatoms. The molecule has 0 unspecified atom stereocenters. The highest BCUT2D eigenvalue weighted by Crippen LogP contribution is 2.57. The molecule has 0 saturated heterocycles. The highest BCUT2D eigenvalue weighted by Gasteiger charge is 2.36. The van der Waals surface area contributed by atoms with E-state index in [1.807, 2.05) is 11.3 Å². The van der Waals surface area contributed by atoms with E-state index in [-0.39, 0.29) is 5.92 Å². The van der Waals surface area contributed by atoms with Crippen LogP contribution < -0.4 is 0 Å². The molecule has 0 amide bonds. The lowest BCUT2D eigenvalue weighted by Gasteiger charge is -2.24. The molecule has 0 fully saturated rings. The van der Waals surface area contributed by atoms with E-state index in [0.29, 0.717) is 0 Å². The van der Waals surface area contributed by atoms with Crippen molar-refractivity contribution < 1.29 is 4.42 Å². The van der Waals surface area contributed by atoms with Crippen LogP contribution in [0.15, 0.2) is 354 Å². The molecule has 116 heavy (non-hydrogen) atoms. The molecule has 16 aromatic carbocycles. The van der Waals surface area contributed by atoms with Gasteiger partial charge in [-0.3, -0.25) is 4.99 Å². The molecule has 0 spiro atoms. The standard InChI is InChI=1S/C109H69N5OS/c1-2-20-63(21-3-1)64-44-48-69(49-45-64)90-34-19-38-95(112-92-35-14-10-28-77(92)87-62-89-85-57-72-24-5-7-26-74(72)59-97(85)114-94-37-16-12-30-81(94)102(106(87)112)107(89)114)108-103(110-90)82-55-53-75(60-98(82)115-108)67-42-40-65(41-43-67)66-46-50-70(51-47-66)91-33-18-32-79(109-104(111-91)83-31-13-17-39-99(83)116-109)78-54-52-68-22-8-9-27-76(68)86-61-88-84-56-71-23-4-6-25-73(71)58-96(84)113-93-36-15-11-29-80(93)101(100(78)86)105(88)113/h1-17,20-32,35-51,53,55-62,78H,18-19,33-34,52,54H2/b79-32-,95-38+,110-90+,111-91+/t78-/m0/s1. The second kappa shape index (κ2) is 24.6. The van der Waals surface area contributed by atoms with Crippen molar-refractivity contribution in [2.24, 2.45) is 9.98 Å². The first-order valence-electron chi connectivity index (χ1n) is 40.8. The predicted molar refractivity (Wildman–Crippen MR) is 490 cm³/mol. The quantitative estimate of drug-likeness (QED) is 0.157. The Morgan fingerprint density at radius 1 is 0.328 bits per heavy atom. The zero-order chi connectivity index (χ0) is 75.5. The fourth-order valence-electron chi connectivity index (χ4n) is 20.8. The number of rotatable bonds is 7. The topological polar surface area (TPSA) is 51.6 Å². The van der Waals surface area contributed by atoms with Crippen LogP contribution in [0.1, 0.15) is 70.9 Å². The van der Waals surface area contributed by atoms with Crippen LogP contribution in [-0.2, 0) is 6.42 Å². The SMILES string of the molecule is C1=C(/[C@@H]2CCc3ccccc3-c3cc4c5cc6ccccc6cc5n5c6ccccc6c(c32)c45)c2sc3ccccc3c2/N=C(/c2ccc(-c3ccc(-c4ccc5c6c(oc5c4)/C(n4c5ccccc5c5cc7c8cc9ccccc9cc8n8c9ccccc9c(c54)c78)=C\CC/C(c4ccc(-c5ccccc5)cc4)=N\6)cc3)cc2)CC/1. The largest absolute Gasteiger partial charge is 0.452 e. The maximum absolute atomic E-state index is 7.52. The first-order valence-corrected chi connectivity index (χ1v) is 41.6. The number of aliphatic imine (C=N–C) groups is 2. The molecule has 23 aromatic rings.